The third kappa shape index (κ3) is 2.71. The molecule has 0 radical (unpaired) electrons. The molecular weight excluding hydrogens is 388 g/mol. The molecule has 1 aromatic heterocycles. The molecule has 0 amide bonds. The van der Waals surface area contributed by atoms with Crippen LogP contribution >= 0.6 is 0 Å². The van der Waals surface area contributed by atoms with Gasteiger partial charge in [-0.25, -0.2) is 4.21 Å². The van der Waals surface area contributed by atoms with E-state index in [9.17, 15) is 18.4 Å². The molecule has 29 heavy (non-hydrogen) atoms. The fourth-order valence-corrected chi connectivity index (χ4v) is 4.33. The Morgan fingerprint density at radius 1 is 0.828 bits per heavy atom. The summed E-state index contributed by atoms with van der Waals surface area (Å²) in [7, 11) is 0. The van der Waals surface area contributed by atoms with Crippen LogP contribution in [0.2, 0.25) is 0 Å². The van der Waals surface area contributed by atoms with Gasteiger partial charge in [-0.2, -0.15) is 0 Å². The molecule has 1 aliphatic carbocycles. The van der Waals surface area contributed by atoms with Crippen molar-refractivity contribution < 1.29 is 13.6 Å². The summed E-state index contributed by atoms with van der Waals surface area (Å²) in [6.45, 7) is 0. The standard InChI is InChI=1S/C22H14N2O4S/c25-19-11-14-12-5-1-2-6-13(12)22(26)21-17(10-9-16(24-19)20(14)21)23-15-7-3-4-8-18(15)29(27)28/h1-11,23H,(H,24,25)(H,27,28). The molecule has 6 nitrogen and oxygen atoms in total. The lowest BCUT2D eigenvalue weighted by molar-refractivity contribution is 0.104. The minimum absolute atomic E-state index is 0.171. The zero-order chi connectivity index (χ0) is 20.1. The van der Waals surface area contributed by atoms with Gasteiger partial charge in [-0.3, -0.25) is 9.59 Å². The van der Waals surface area contributed by atoms with Gasteiger partial charge < -0.3 is 14.9 Å². The zero-order valence-corrected chi connectivity index (χ0v) is 15.7. The molecule has 1 unspecified atom stereocenters. The van der Waals surface area contributed by atoms with Crippen molar-refractivity contribution in [2.24, 2.45) is 0 Å². The number of aromatic amines is 1. The van der Waals surface area contributed by atoms with Crippen molar-refractivity contribution in [3.63, 3.8) is 0 Å². The van der Waals surface area contributed by atoms with E-state index in [0.717, 1.165) is 5.56 Å². The minimum atomic E-state index is -2.18. The van der Waals surface area contributed by atoms with Crippen molar-refractivity contribution in [2.75, 3.05) is 5.32 Å². The van der Waals surface area contributed by atoms with E-state index in [-0.39, 0.29) is 16.2 Å². The maximum atomic E-state index is 13.4. The largest absolute Gasteiger partial charge is 0.354 e. The number of aromatic nitrogens is 1. The topological polar surface area (TPSA) is 99.3 Å². The van der Waals surface area contributed by atoms with Crippen molar-refractivity contribution in [3.05, 3.63) is 88.2 Å². The maximum Gasteiger partial charge on any atom is 0.249 e. The van der Waals surface area contributed by atoms with Crippen LogP contribution in [-0.4, -0.2) is 19.5 Å². The van der Waals surface area contributed by atoms with Crippen LogP contribution in [0.5, 0.6) is 0 Å². The van der Waals surface area contributed by atoms with Crippen LogP contribution in [0.3, 0.4) is 0 Å². The summed E-state index contributed by atoms with van der Waals surface area (Å²) >= 11 is -2.18. The normalized spacial score (nSPS) is 13.2. The summed E-state index contributed by atoms with van der Waals surface area (Å²) in [5.41, 5.74) is 3.60. The number of para-hydroxylation sites is 1. The molecule has 1 heterocycles. The Morgan fingerprint density at radius 2 is 1.55 bits per heavy atom. The van der Waals surface area contributed by atoms with Crippen LogP contribution in [0, 0.1) is 0 Å². The first-order valence-electron chi connectivity index (χ1n) is 8.85. The molecule has 3 N–H and O–H groups in total. The number of benzene rings is 3. The van der Waals surface area contributed by atoms with E-state index in [1.807, 2.05) is 12.1 Å². The average Bonchev–Trinajstić information content (AvgIpc) is 2.72. The predicted octanol–water partition coefficient (Wildman–Crippen LogP) is 4.06. The van der Waals surface area contributed by atoms with E-state index in [4.69, 9.17) is 0 Å². The van der Waals surface area contributed by atoms with Gasteiger partial charge in [-0.1, -0.05) is 36.4 Å². The van der Waals surface area contributed by atoms with Crippen LogP contribution in [-0.2, 0) is 11.1 Å². The lowest BCUT2D eigenvalue weighted by Crippen LogP contribution is -2.16. The highest BCUT2D eigenvalue weighted by atomic mass is 32.2. The Hall–Kier alpha value is -3.55. The summed E-state index contributed by atoms with van der Waals surface area (Å²) in [5.74, 6) is -0.171. The van der Waals surface area contributed by atoms with E-state index in [1.54, 1.807) is 48.5 Å². The second-order valence-corrected chi connectivity index (χ2v) is 7.64. The molecule has 5 rings (SSSR count). The molecule has 0 saturated carbocycles. The van der Waals surface area contributed by atoms with Crippen LogP contribution in [0.25, 0.3) is 22.0 Å². The van der Waals surface area contributed by atoms with Crippen molar-refractivity contribution in [1.82, 2.24) is 4.98 Å². The van der Waals surface area contributed by atoms with E-state index in [2.05, 4.69) is 10.3 Å². The third-order valence-corrected chi connectivity index (χ3v) is 5.77. The van der Waals surface area contributed by atoms with Crippen LogP contribution < -0.4 is 10.9 Å². The van der Waals surface area contributed by atoms with Gasteiger partial charge in [0, 0.05) is 22.5 Å². The second kappa shape index (κ2) is 6.51. The summed E-state index contributed by atoms with van der Waals surface area (Å²) in [6, 6.07) is 18.7. The first kappa shape index (κ1) is 17.5. The molecule has 0 bridgehead atoms. The molecule has 0 aliphatic heterocycles. The Balaban J connectivity index is 1.81. The molecule has 7 heteroatoms. The smallest absolute Gasteiger partial charge is 0.249 e. The van der Waals surface area contributed by atoms with Gasteiger partial charge in [-0.05, 0) is 35.4 Å². The van der Waals surface area contributed by atoms with Crippen LogP contribution in [0.4, 0.5) is 11.4 Å². The predicted molar refractivity (Wildman–Crippen MR) is 112 cm³/mol. The van der Waals surface area contributed by atoms with Gasteiger partial charge in [-0.15, -0.1) is 0 Å². The van der Waals surface area contributed by atoms with Gasteiger partial charge in [0.05, 0.1) is 21.8 Å². The number of H-pyrrole nitrogens is 1. The SMILES string of the molecule is O=C1c2ccccc2-c2cc(=O)[nH]c3ccc(Nc4ccccc4S(=O)O)c1c23. The summed E-state index contributed by atoms with van der Waals surface area (Å²) in [4.78, 5) is 28.5. The molecule has 3 aromatic carbocycles. The number of pyridine rings is 1. The number of rotatable bonds is 3. The van der Waals surface area contributed by atoms with Crippen LogP contribution in [0.1, 0.15) is 15.9 Å². The van der Waals surface area contributed by atoms with Crippen LogP contribution in [0.15, 0.2) is 76.4 Å². The number of carbonyl (C=O) groups is 1. The van der Waals surface area contributed by atoms with E-state index >= 15 is 0 Å². The molecule has 1 atom stereocenters. The van der Waals surface area contributed by atoms with Crippen molar-refractivity contribution in [2.45, 2.75) is 4.90 Å². The monoisotopic (exact) mass is 402 g/mol. The van der Waals surface area contributed by atoms with Gasteiger partial charge >= 0.3 is 0 Å². The molecule has 1 aliphatic rings. The molecule has 0 fully saturated rings. The minimum Gasteiger partial charge on any atom is -0.354 e. The number of anilines is 2. The number of hydrogen-bond acceptors (Lipinski definition) is 4. The number of carbonyl (C=O) groups excluding carboxylic acids is 1. The van der Waals surface area contributed by atoms with Crippen molar-refractivity contribution in [1.29, 1.82) is 0 Å². The van der Waals surface area contributed by atoms with E-state index in [1.165, 1.54) is 6.07 Å². The van der Waals surface area contributed by atoms with Crippen molar-refractivity contribution in [3.8, 4) is 11.1 Å². The lowest BCUT2D eigenvalue weighted by atomic mass is 9.83. The summed E-state index contributed by atoms with van der Waals surface area (Å²) < 4.78 is 21.2. The summed E-state index contributed by atoms with van der Waals surface area (Å²) in [5, 5.41) is 3.79. The quantitative estimate of drug-likeness (QED) is 0.395. The van der Waals surface area contributed by atoms with E-state index < -0.39 is 11.1 Å². The molecule has 0 saturated heterocycles. The highest BCUT2D eigenvalue weighted by molar-refractivity contribution is 7.79. The Kier molecular flexibility index (Phi) is 3.94. The molecule has 142 valence electrons. The fraction of sp³-hybridized carbons (Fsp3) is 0. The Bertz CT molecular complexity index is 1410. The van der Waals surface area contributed by atoms with Gasteiger partial charge in [0.2, 0.25) is 5.56 Å². The highest BCUT2D eigenvalue weighted by Crippen LogP contribution is 2.41. The van der Waals surface area contributed by atoms with Gasteiger partial charge in [0.1, 0.15) is 0 Å². The summed E-state index contributed by atoms with van der Waals surface area (Å²) in [6.07, 6.45) is 0. The maximum absolute atomic E-state index is 13.4. The Labute approximate surface area is 167 Å². The number of nitrogens with one attached hydrogen (secondary N) is 2. The van der Waals surface area contributed by atoms with Crippen molar-refractivity contribution >= 4 is 39.1 Å². The van der Waals surface area contributed by atoms with Gasteiger partial charge in [0.15, 0.2) is 16.9 Å². The zero-order valence-electron chi connectivity index (χ0n) is 14.9. The lowest BCUT2D eigenvalue weighted by Gasteiger charge is -2.22. The molecular formula is C22H14N2O4S. The number of hydrogen-bond donors (Lipinski definition) is 3. The number of fused-ring (bicyclic) bond motifs is 2. The molecule has 0 spiro atoms. The first-order valence-corrected chi connectivity index (χ1v) is 9.96. The Morgan fingerprint density at radius 3 is 2.34 bits per heavy atom. The van der Waals surface area contributed by atoms with Gasteiger partial charge in [0.25, 0.3) is 0 Å². The number of ketones is 1. The average molecular weight is 402 g/mol. The first-order chi connectivity index (χ1) is 14.0. The van der Waals surface area contributed by atoms with E-state index in [0.29, 0.717) is 39.0 Å². The third-order valence-electron chi connectivity index (χ3n) is 5.04. The molecule has 4 aromatic rings. The fourth-order valence-electron chi connectivity index (χ4n) is 3.83. The second-order valence-electron chi connectivity index (χ2n) is 6.70. The highest BCUT2D eigenvalue weighted by Gasteiger charge is 2.28.